The highest BCUT2D eigenvalue weighted by Crippen LogP contribution is 2.32. The second kappa shape index (κ2) is 5.68. The van der Waals surface area contributed by atoms with E-state index in [1.165, 1.54) is 12.8 Å². The van der Waals surface area contributed by atoms with E-state index in [1.54, 1.807) is 0 Å². The smallest absolute Gasteiger partial charge is 0.239 e. The largest absolute Gasteiger partial charge is 0.376 e. The summed E-state index contributed by atoms with van der Waals surface area (Å²) in [7, 11) is 0. The van der Waals surface area contributed by atoms with Crippen LogP contribution >= 0.6 is 0 Å². The minimum Gasteiger partial charge on any atom is -0.376 e. The van der Waals surface area contributed by atoms with E-state index in [4.69, 9.17) is 5.73 Å². The maximum absolute atomic E-state index is 11.7. The summed E-state index contributed by atoms with van der Waals surface area (Å²) in [5, 5.41) is 6.05. The number of carbonyl (C=O) groups is 1. The number of amides is 1. The SMILES string of the molecule is NCC(NC(=O)CNc1ccccc1)C1CC1. The topological polar surface area (TPSA) is 67.1 Å². The van der Waals surface area contributed by atoms with Gasteiger partial charge in [-0.25, -0.2) is 0 Å². The van der Waals surface area contributed by atoms with Gasteiger partial charge in [0.25, 0.3) is 0 Å². The lowest BCUT2D eigenvalue weighted by atomic mass is 10.2. The van der Waals surface area contributed by atoms with Crippen LogP contribution in [0.25, 0.3) is 0 Å². The molecule has 4 N–H and O–H groups in total. The average Bonchev–Trinajstić information content (AvgIpc) is 3.19. The summed E-state index contributed by atoms with van der Waals surface area (Å²) in [5.74, 6) is 0.608. The number of nitrogens with one attached hydrogen (secondary N) is 2. The van der Waals surface area contributed by atoms with Gasteiger partial charge in [-0.3, -0.25) is 4.79 Å². The molecule has 2 rings (SSSR count). The van der Waals surface area contributed by atoms with Crippen molar-refractivity contribution in [2.45, 2.75) is 18.9 Å². The Hall–Kier alpha value is -1.55. The summed E-state index contributed by atoms with van der Waals surface area (Å²) in [5.41, 5.74) is 6.59. The molecular weight excluding hydrogens is 214 g/mol. The van der Waals surface area contributed by atoms with E-state index in [-0.39, 0.29) is 11.9 Å². The Morgan fingerprint density at radius 2 is 2.06 bits per heavy atom. The first-order valence-corrected chi connectivity index (χ1v) is 6.08. The normalized spacial score (nSPS) is 16.3. The van der Waals surface area contributed by atoms with Crippen molar-refractivity contribution in [1.82, 2.24) is 5.32 Å². The Bertz CT molecular complexity index is 362. The summed E-state index contributed by atoms with van der Waals surface area (Å²) in [6.45, 7) is 0.828. The predicted molar refractivity (Wildman–Crippen MR) is 68.6 cm³/mol. The monoisotopic (exact) mass is 233 g/mol. The summed E-state index contributed by atoms with van der Waals surface area (Å²) in [6.07, 6.45) is 2.38. The van der Waals surface area contributed by atoms with Crippen LogP contribution in [0.5, 0.6) is 0 Å². The summed E-state index contributed by atoms with van der Waals surface area (Å²) >= 11 is 0. The Labute approximate surface area is 102 Å². The van der Waals surface area contributed by atoms with Gasteiger partial charge in [0, 0.05) is 18.3 Å². The second-order valence-electron chi connectivity index (χ2n) is 4.47. The highest BCUT2D eigenvalue weighted by molar-refractivity contribution is 5.81. The first-order chi connectivity index (χ1) is 8.29. The van der Waals surface area contributed by atoms with Gasteiger partial charge in [-0.2, -0.15) is 0 Å². The Morgan fingerprint density at radius 1 is 1.35 bits per heavy atom. The van der Waals surface area contributed by atoms with Crippen molar-refractivity contribution in [1.29, 1.82) is 0 Å². The maximum atomic E-state index is 11.7. The van der Waals surface area contributed by atoms with Crippen molar-refractivity contribution in [2.24, 2.45) is 11.7 Å². The fourth-order valence-electron chi connectivity index (χ4n) is 1.86. The lowest BCUT2D eigenvalue weighted by molar-refractivity contribution is -0.120. The molecule has 0 aromatic heterocycles. The number of para-hydroxylation sites is 1. The third-order valence-corrected chi connectivity index (χ3v) is 3.02. The first-order valence-electron chi connectivity index (χ1n) is 6.08. The molecule has 1 aliphatic rings. The van der Waals surface area contributed by atoms with Crippen molar-refractivity contribution in [3.8, 4) is 0 Å². The molecule has 1 unspecified atom stereocenters. The number of nitrogens with two attached hydrogens (primary N) is 1. The Balaban J connectivity index is 1.73. The predicted octanol–water partition coefficient (Wildman–Crippen LogP) is 0.952. The molecule has 1 fully saturated rings. The van der Waals surface area contributed by atoms with E-state index in [2.05, 4.69) is 10.6 Å². The van der Waals surface area contributed by atoms with Gasteiger partial charge in [0.1, 0.15) is 0 Å². The number of carbonyl (C=O) groups excluding carboxylic acids is 1. The van der Waals surface area contributed by atoms with E-state index in [0.29, 0.717) is 19.0 Å². The highest BCUT2D eigenvalue weighted by atomic mass is 16.2. The minimum atomic E-state index is 0.0104. The molecule has 0 radical (unpaired) electrons. The van der Waals surface area contributed by atoms with E-state index in [0.717, 1.165) is 5.69 Å². The van der Waals surface area contributed by atoms with Crippen molar-refractivity contribution in [3.63, 3.8) is 0 Å². The minimum absolute atomic E-state index is 0.0104. The fourth-order valence-corrected chi connectivity index (χ4v) is 1.86. The Kier molecular flexibility index (Phi) is 3.98. The van der Waals surface area contributed by atoms with Crippen LogP contribution in [0.1, 0.15) is 12.8 Å². The van der Waals surface area contributed by atoms with E-state index < -0.39 is 0 Å². The molecule has 1 aromatic rings. The summed E-state index contributed by atoms with van der Waals surface area (Å²) < 4.78 is 0. The lowest BCUT2D eigenvalue weighted by Crippen LogP contribution is -2.44. The van der Waals surface area contributed by atoms with Crippen LogP contribution in [0, 0.1) is 5.92 Å². The zero-order chi connectivity index (χ0) is 12.1. The Morgan fingerprint density at radius 3 is 2.65 bits per heavy atom. The van der Waals surface area contributed by atoms with E-state index in [9.17, 15) is 4.79 Å². The molecule has 1 aliphatic carbocycles. The summed E-state index contributed by atoms with van der Waals surface area (Å²) in [4.78, 5) is 11.7. The molecule has 0 spiro atoms. The molecule has 1 atom stereocenters. The molecule has 1 aromatic carbocycles. The van der Waals surface area contributed by atoms with Crippen LogP contribution in [-0.2, 0) is 4.79 Å². The second-order valence-corrected chi connectivity index (χ2v) is 4.47. The lowest BCUT2D eigenvalue weighted by Gasteiger charge is -2.16. The van der Waals surface area contributed by atoms with Crippen molar-refractivity contribution >= 4 is 11.6 Å². The van der Waals surface area contributed by atoms with Crippen LogP contribution in [0.3, 0.4) is 0 Å². The van der Waals surface area contributed by atoms with Crippen LogP contribution < -0.4 is 16.4 Å². The van der Waals surface area contributed by atoms with Gasteiger partial charge in [0.15, 0.2) is 0 Å². The molecule has 1 amide bonds. The number of anilines is 1. The highest BCUT2D eigenvalue weighted by Gasteiger charge is 2.30. The molecule has 0 heterocycles. The van der Waals surface area contributed by atoms with Crippen LogP contribution in [0.15, 0.2) is 30.3 Å². The van der Waals surface area contributed by atoms with Gasteiger partial charge < -0.3 is 16.4 Å². The molecular formula is C13H19N3O. The molecule has 0 aliphatic heterocycles. The first kappa shape index (κ1) is 11.9. The molecule has 0 bridgehead atoms. The number of benzene rings is 1. The number of hydrogen-bond acceptors (Lipinski definition) is 3. The van der Waals surface area contributed by atoms with E-state index >= 15 is 0 Å². The third-order valence-electron chi connectivity index (χ3n) is 3.02. The number of rotatable bonds is 6. The molecule has 17 heavy (non-hydrogen) atoms. The zero-order valence-corrected chi connectivity index (χ0v) is 9.86. The molecule has 4 nitrogen and oxygen atoms in total. The molecule has 4 heteroatoms. The summed E-state index contributed by atoms with van der Waals surface area (Å²) in [6, 6.07) is 9.85. The maximum Gasteiger partial charge on any atom is 0.239 e. The van der Waals surface area contributed by atoms with Crippen molar-refractivity contribution in [2.75, 3.05) is 18.4 Å². The number of hydrogen-bond donors (Lipinski definition) is 3. The quantitative estimate of drug-likeness (QED) is 0.685. The van der Waals surface area contributed by atoms with Gasteiger partial charge >= 0.3 is 0 Å². The molecule has 92 valence electrons. The molecule has 0 saturated heterocycles. The van der Waals surface area contributed by atoms with Gasteiger partial charge in [0.2, 0.25) is 5.91 Å². The average molecular weight is 233 g/mol. The van der Waals surface area contributed by atoms with E-state index in [1.807, 2.05) is 30.3 Å². The van der Waals surface area contributed by atoms with Gasteiger partial charge in [-0.15, -0.1) is 0 Å². The van der Waals surface area contributed by atoms with Gasteiger partial charge in [0.05, 0.1) is 6.54 Å². The van der Waals surface area contributed by atoms with Crippen molar-refractivity contribution < 1.29 is 4.79 Å². The van der Waals surface area contributed by atoms with Crippen molar-refractivity contribution in [3.05, 3.63) is 30.3 Å². The van der Waals surface area contributed by atoms with Crippen LogP contribution in [0.2, 0.25) is 0 Å². The fraction of sp³-hybridized carbons (Fsp3) is 0.462. The van der Waals surface area contributed by atoms with Gasteiger partial charge in [-0.05, 0) is 30.9 Å². The molecule has 1 saturated carbocycles. The van der Waals surface area contributed by atoms with Crippen LogP contribution in [0.4, 0.5) is 5.69 Å². The van der Waals surface area contributed by atoms with Crippen LogP contribution in [-0.4, -0.2) is 25.0 Å². The standard InChI is InChI=1S/C13H19N3O/c14-8-12(10-6-7-10)16-13(17)9-15-11-4-2-1-3-5-11/h1-5,10,12,15H,6-9,14H2,(H,16,17). The third kappa shape index (κ3) is 3.75. The van der Waals surface area contributed by atoms with Gasteiger partial charge in [-0.1, -0.05) is 18.2 Å². The zero-order valence-electron chi connectivity index (χ0n) is 9.86.